The molecule has 0 aromatic heterocycles. The average Bonchev–Trinajstić information content (AvgIpc) is 3.03. The first-order chi connectivity index (χ1) is 11.6. The number of anilines is 1. The summed E-state index contributed by atoms with van der Waals surface area (Å²) in [5, 5.41) is 2.62. The van der Waals surface area contributed by atoms with Gasteiger partial charge in [-0.25, -0.2) is 0 Å². The second-order valence-corrected chi connectivity index (χ2v) is 5.80. The fourth-order valence-electron chi connectivity index (χ4n) is 2.70. The summed E-state index contributed by atoms with van der Waals surface area (Å²) in [4.78, 5) is 25.9. The van der Waals surface area contributed by atoms with Gasteiger partial charge in [-0.1, -0.05) is 35.9 Å². The summed E-state index contributed by atoms with van der Waals surface area (Å²) < 4.78 is 5.40. The van der Waals surface area contributed by atoms with E-state index in [1.165, 1.54) is 5.56 Å². The molecule has 24 heavy (non-hydrogen) atoms. The highest BCUT2D eigenvalue weighted by molar-refractivity contribution is 5.98. The number of nitrogens with one attached hydrogen (secondary N) is 1. The van der Waals surface area contributed by atoms with E-state index in [9.17, 15) is 9.59 Å². The Labute approximate surface area is 141 Å². The molecule has 1 aliphatic heterocycles. The molecule has 0 unspecified atom stereocenters. The molecule has 0 aliphatic carbocycles. The fraction of sp³-hybridized carbons (Fsp3) is 0.263. The molecule has 1 N–H and O–H groups in total. The minimum Gasteiger partial charge on any atom is -0.484 e. The van der Waals surface area contributed by atoms with E-state index in [1.54, 1.807) is 4.90 Å². The van der Waals surface area contributed by atoms with E-state index >= 15 is 0 Å². The quantitative estimate of drug-likeness (QED) is 0.916. The second kappa shape index (κ2) is 7.17. The van der Waals surface area contributed by atoms with Gasteiger partial charge in [0, 0.05) is 12.2 Å². The highest BCUT2D eigenvalue weighted by Gasteiger charge is 2.24. The van der Waals surface area contributed by atoms with Gasteiger partial charge in [0.25, 0.3) is 5.91 Å². The Morgan fingerprint density at radius 3 is 2.67 bits per heavy atom. The maximum atomic E-state index is 12.3. The minimum atomic E-state index is -0.309. The van der Waals surface area contributed by atoms with E-state index in [0.717, 1.165) is 17.7 Å². The predicted molar refractivity (Wildman–Crippen MR) is 92.2 cm³/mol. The SMILES string of the molecule is Cc1ccc(OCC(=O)NCC(=O)N2CCc3ccccc32)cc1. The van der Waals surface area contributed by atoms with Gasteiger partial charge in [0.1, 0.15) is 5.75 Å². The summed E-state index contributed by atoms with van der Waals surface area (Å²) in [5.41, 5.74) is 3.23. The number of fused-ring (bicyclic) bond motifs is 1. The van der Waals surface area contributed by atoms with E-state index in [0.29, 0.717) is 12.3 Å². The van der Waals surface area contributed by atoms with Crippen LogP contribution in [-0.2, 0) is 16.0 Å². The van der Waals surface area contributed by atoms with Crippen molar-refractivity contribution in [2.75, 3.05) is 24.6 Å². The van der Waals surface area contributed by atoms with Crippen molar-refractivity contribution in [1.82, 2.24) is 5.32 Å². The number of hydrogen-bond acceptors (Lipinski definition) is 3. The zero-order chi connectivity index (χ0) is 16.9. The lowest BCUT2D eigenvalue weighted by atomic mass is 10.2. The Morgan fingerprint density at radius 2 is 1.88 bits per heavy atom. The van der Waals surface area contributed by atoms with E-state index in [1.807, 2.05) is 55.5 Å². The minimum absolute atomic E-state index is 0.0234. The molecule has 2 aromatic carbocycles. The van der Waals surface area contributed by atoms with Gasteiger partial charge in [0.2, 0.25) is 5.91 Å². The Bertz CT molecular complexity index is 741. The number of ether oxygens (including phenoxy) is 1. The lowest BCUT2D eigenvalue weighted by Crippen LogP contribution is -2.40. The monoisotopic (exact) mass is 324 g/mol. The van der Waals surface area contributed by atoms with Crippen LogP contribution in [0, 0.1) is 6.92 Å². The van der Waals surface area contributed by atoms with Crippen LogP contribution in [0.1, 0.15) is 11.1 Å². The summed E-state index contributed by atoms with van der Waals surface area (Å²) in [7, 11) is 0. The van der Waals surface area contributed by atoms with Crippen LogP contribution < -0.4 is 15.0 Å². The van der Waals surface area contributed by atoms with Gasteiger partial charge >= 0.3 is 0 Å². The fourth-order valence-corrected chi connectivity index (χ4v) is 2.70. The molecular weight excluding hydrogens is 304 g/mol. The molecule has 0 atom stereocenters. The van der Waals surface area contributed by atoms with Gasteiger partial charge in [-0.3, -0.25) is 9.59 Å². The highest BCUT2D eigenvalue weighted by atomic mass is 16.5. The summed E-state index contributed by atoms with van der Waals surface area (Å²) in [6, 6.07) is 15.3. The molecule has 124 valence electrons. The first kappa shape index (κ1) is 16.1. The normalized spacial score (nSPS) is 12.6. The van der Waals surface area contributed by atoms with Crippen LogP contribution in [0.5, 0.6) is 5.75 Å². The number of rotatable bonds is 5. The molecule has 1 heterocycles. The molecule has 5 nitrogen and oxygen atoms in total. The van der Waals surface area contributed by atoms with Crippen LogP contribution in [0.3, 0.4) is 0 Å². The molecule has 0 saturated heterocycles. The zero-order valence-electron chi connectivity index (χ0n) is 13.6. The van der Waals surface area contributed by atoms with Gasteiger partial charge in [-0.15, -0.1) is 0 Å². The van der Waals surface area contributed by atoms with Crippen molar-refractivity contribution in [2.45, 2.75) is 13.3 Å². The Hall–Kier alpha value is -2.82. The van der Waals surface area contributed by atoms with Crippen LogP contribution in [0.25, 0.3) is 0 Å². The summed E-state index contributed by atoms with van der Waals surface area (Å²) in [6.45, 7) is 2.52. The number of carbonyl (C=O) groups is 2. The van der Waals surface area contributed by atoms with Crippen molar-refractivity contribution in [3.05, 3.63) is 59.7 Å². The molecule has 0 spiro atoms. The van der Waals surface area contributed by atoms with Crippen molar-refractivity contribution in [1.29, 1.82) is 0 Å². The topological polar surface area (TPSA) is 58.6 Å². The van der Waals surface area contributed by atoms with Gasteiger partial charge in [0.15, 0.2) is 6.61 Å². The number of aryl methyl sites for hydroxylation is 1. The van der Waals surface area contributed by atoms with Crippen molar-refractivity contribution in [3.8, 4) is 5.75 Å². The van der Waals surface area contributed by atoms with Gasteiger partial charge in [0.05, 0.1) is 6.54 Å². The van der Waals surface area contributed by atoms with Crippen LogP contribution in [-0.4, -0.2) is 31.5 Å². The summed E-state index contributed by atoms with van der Waals surface area (Å²) in [6.07, 6.45) is 0.854. The highest BCUT2D eigenvalue weighted by Crippen LogP contribution is 2.27. The van der Waals surface area contributed by atoms with Crippen LogP contribution >= 0.6 is 0 Å². The third-order valence-electron chi connectivity index (χ3n) is 4.02. The van der Waals surface area contributed by atoms with Gasteiger partial charge in [-0.05, 0) is 37.1 Å². The van der Waals surface area contributed by atoms with Crippen molar-refractivity contribution in [3.63, 3.8) is 0 Å². The standard InChI is InChI=1S/C19H20N2O3/c1-14-6-8-16(9-7-14)24-13-18(22)20-12-19(23)21-11-10-15-4-2-3-5-17(15)21/h2-9H,10-13H2,1H3,(H,20,22). The summed E-state index contributed by atoms with van der Waals surface area (Å²) >= 11 is 0. The lowest BCUT2D eigenvalue weighted by molar-refractivity contribution is -0.126. The predicted octanol–water partition coefficient (Wildman–Crippen LogP) is 2.08. The molecule has 5 heteroatoms. The smallest absolute Gasteiger partial charge is 0.258 e. The molecule has 3 rings (SSSR count). The third-order valence-corrected chi connectivity index (χ3v) is 4.02. The Balaban J connectivity index is 1.46. The number of nitrogens with zero attached hydrogens (tertiary/aromatic N) is 1. The van der Waals surface area contributed by atoms with Crippen molar-refractivity contribution < 1.29 is 14.3 Å². The molecule has 0 saturated carbocycles. The van der Waals surface area contributed by atoms with E-state index in [2.05, 4.69) is 5.32 Å². The van der Waals surface area contributed by atoms with Crippen LogP contribution in [0.4, 0.5) is 5.69 Å². The van der Waals surface area contributed by atoms with E-state index in [4.69, 9.17) is 4.74 Å². The maximum absolute atomic E-state index is 12.3. The van der Waals surface area contributed by atoms with Crippen molar-refractivity contribution >= 4 is 17.5 Å². The average molecular weight is 324 g/mol. The third kappa shape index (κ3) is 3.74. The largest absolute Gasteiger partial charge is 0.484 e. The number of carbonyl (C=O) groups excluding carboxylic acids is 2. The van der Waals surface area contributed by atoms with Gasteiger partial charge in [-0.2, -0.15) is 0 Å². The number of hydrogen-bond donors (Lipinski definition) is 1. The van der Waals surface area contributed by atoms with Crippen LogP contribution in [0.2, 0.25) is 0 Å². The molecule has 1 aliphatic rings. The maximum Gasteiger partial charge on any atom is 0.258 e. The number of para-hydroxylation sites is 1. The Morgan fingerprint density at radius 1 is 1.12 bits per heavy atom. The molecule has 2 amide bonds. The van der Waals surface area contributed by atoms with Crippen LogP contribution in [0.15, 0.2) is 48.5 Å². The summed E-state index contributed by atoms with van der Waals surface area (Å²) in [5.74, 6) is 0.218. The van der Waals surface area contributed by atoms with E-state index < -0.39 is 0 Å². The van der Waals surface area contributed by atoms with E-state index in [-0.39, 0.29) is 25.0 Å². The number of benzene rings is 2. The molecule has 0 radical (unpaired) electrons. The van der Waals surface area contributed by atoms with Crippen molar-refractivity contribution in [2.24, 2.45) is 0 Å². The second-order valence-electron chi connectivity index (χ2n) is 5.80. The first-order valence-electron chi connectivity index (χ1n) is 7.98. The molecule has 2 aromatic rings. The number of amides is 2. The molecule has 0 bridgehead atoms. The Kier molecular flexibility index (Phi) is 4.79. The zero-order valence-corrected chi connectivity index (χ0v) is 13.6. The molecular formula is C19H20N2O3. The first-order valence-corrected chi connectivity index (χ1v) is 7.98. The molecule has 0 fully saturated rings. The lowest BCUT2D eigenvalue weighted by Gasteiger charge is -2.17. The van der Waals surface area contributed by atoms with Gasteiger partial charge < -0.3 is 15.0 Å².